The van der Waals surface area contributed by atoms with Crippen molar-refractivity contribution in [3.8, 4) is 0 Å². The normalized spacial score (nSPS) is 21.5. The lowest BCUT2D eigenvalue weighted by Gasteiger charge is -2.34. The van der Waals surface area contributed by atoms with Crippen LogP contribution in [0.5, 0.6) is 0 Å². The largest absolute Gasteiger partial charge is 0.479 e. The van der Waals surface area contributed by atoms with Gasteiger partial charge < -0.3 is 15.3 Å². The van der Waals surface area contributed by atoms with E-state index in [9.17, 15) is 14.7 Å². The van der Waals surface area contributed by atoms with Crippen molar-refractivity contribution in [2.45, 2.75) is 51.6 Å². The summed E-state index contributed by atoms with van der Waals surface area (Å²) in [5, 5.41) is 19.1. The number of hydrogen-bond donors (Lipinski definition) is 3. The van der Waals surface area contributed by atoms with Crippen molar-refractivity contribution in [3.63, 3.8) is 0 Å². The zero-order valence-electron chi connectivity index (χ0n) is 12.5. The maximum Gasteiger partial charge on any atom is 0.329 e. The molecular weight excluding hydrogens is 272 g/mol. The van der Waals surface area contributed by atoms with Gasteiger partial charge >= 0.3 is 12.0 Å². The number of carbonyl (C=O) groups excluding carboxylic acids is 1. The molecule has 0 aromatic carbocycles. The second kappa shape index (κ2) is 6.15. The van der Waals surface area contributed by atoms with E-state index in [-0.39, 0.29) is 6.03 Å². The quantitative estimate of drug-likeness (QED) is 0.769. The number of amides is 2. The molecule has 7 heteroatoms. The van der Waals surface area contributed by atoms with Gasteiger partial charge in [-0.3, -0.25) is 5.10 Å². The highest BCUT2D eigenvalue weighted by atomic mass is 16.4. The smallest absolute Gasteiger partial charge is 0.329 e. The fraction of sp³-hybridized carbons (Fsp3) is 0.643. The number of aryl methyl sites for hydroxylation is 1. The predicted molar refractivity (Wildman–Crippen MR) is 76.8 cm³/mol. The molecule has 2 rings (SSSR count). The minimum Gasteiger partial charge on any atom is -0.479 e. The van der Waals surface area contributed by atoms with E-state index < -0.39 is 11.5 Å². The van der Waals surface area contributed by atoms with Crippen LogP contribution in [0.3, 0.4) is 0 Å². The molecule has 3 N–H and O–H groups in total. The Balaban J connectivity index is 2.06. The third-order valence-electron chi connectivity index (χ3n) is 4.16. The van der Waals surface area contributed by atoms with Gasteiger partial charge in [-0.05, 0) is 26.2 Å². The van der Waals surface area contributed by atoms with Crippen molar-refractivity contribution in [1.29, 1.82) is 0 Å². The fourth-order valence-corrected chi connectivity index (χ4v) is 3.00. The number of nitrogens with one attached hydrogen (secondary N) is 2. The number of rotatable bonds is 5. The molecule has 1 aliphatic heterocycles. The van der Waals surface area contributed by atoms with Crippen molar-refractivity contribution in [2.24, 2.45) is 0 Å². The molecule has 7 nitrogen and oxygen atoms in total. The topological polar surface area (TPSA) is 98.3 Å². The van der Waals surface area contributed by atoms with Gasteiger partial charge in [0.15, 0.2) is 0 Å². The van der Waals surface area contributed by atoms with Gasteiger partial charge in [-0.1, -0.05) is 13.3 Å². The van der Waals surface area contributed by atoms with Gasteiger partial charge in [0.1, 0.15) is 5.54 Å². The van der Waals surface area contributed by atoms with Crippen molar-refractivity contribution in [1.82, 2.24) is 20.4 Å². The Hall–Kier alpha value is -2.05. The first-order valence-electron chi connectivity index (χ1n) is 7.29. The molecule has 2 amide bonds. The minimum atomic E-state index is -1.05. The molecule has 0 bridgehead atoms. The number of aromatic nitrogens is 2. The van der Waals surface area contributed by atoms with Crippen LogP contribution in [0.2, 0.25) is 0 Å². The van der Waals surface area contributed by atoms with Crippen LogP contribution in [0.1, 0.15) is 43.9 Å². The Bertz CT molecular complexity index is 528. The molecule has 1 aromatic rings. The molecule has 116 valence electrons. The van der Waals surface area contributed by atoms with Gasteiger partial charge in [0.05, 0.1) is 6.20 Å². The highest BCUT2D eigenvalue weighted by molar-refractivity contribution is 5.87. The molecule has 2 heterocycles. The molecule has 1 atom stereocenters. The van der Waals surface area contributed by atoms with Crippen LogP contribution in [0, 0.1) is 6.92 Å². The lowest BCUT2D eigenvalue weighted by Crippen LogP contribution is -2.55. The molecular formula is C14H22N4O3. The van der Waals surface area contributed by atoms with Crippen LogP contribution >= 0.6 is 0 Å². The Labute approximate surface area is 123 Å². The molecule has 0 aliphatic carbocycles. The molecule has 1 unspecified atom stereocenters. The summed E-state index contributed by atoms with van der Waals surface area (Å²) in [6.45, 7) is 4.65. The molecule has 21 heavy (non-hydrogen) atoms. The van der Waals surface area contributed by atoms with Gasteiger partial charge in [0.25, 0.3) is 0 Å². The molecule has 0 saturated carbocycles. The average molecular weight is 294 g/mol. The number of carboxylic acids is 1. The number of carboxylic acid groups (broad SMARTS) is 1. The van der Waals surface area contributed by atoms with Crippen LogP contribution in [-0.4, -0.2) is 44.3 Å². The maximum atomic E-state index is 12.4. The summed E-state index contributed by atoms with van der Waals surface area (Å²) < 4.78 is 0. The second-order valence-corrected chi connectivity index (χ2v) is 5.52. The molecule has 1 aromatic heterocycles. The zero-order chi connectivity index (χ0) is 15.5. The molecule has 0 radical (unpaired) electrons. The van der Waals surface area contributed by atoms with Crippen LogP contribution in [0.25, 0.3) is 0 Å². The number of aromatic amines is 1. The van der Waals surface area contributed by atoms with E-state index in [1.54, 1.807) is 6.20 Å². The lowest BCUT2D eigenvalue weighted by atomic mass is 9.91. The van der Waals surface area contributed by atoms with Crippen LogP contribution in [0.4, 0.5) is 4.79 Å². The number of urea groups is 1. The van der Waals surface area contributed by atoms with E-state index in [2.05, 4.69) is 15.5 Å². The van der Waals surface area contributed by atoms with Crippen LogP contribution in [-0.2, 0) is 11.3 Å². The molecule has 0 spiro atoms. The Morgan fingerprint density at radius 1 is 1.57 bits per heavy atom. The number of likely N-dealkylation sites (tertiary alicyclic amines) is 1. The lowest BCUT2D eigenvalue weighted by molar-refractivity contribution is -0.148. The van der Waals surface area contributed by atoms with Crippen molar-refractivity contribution in [3.05, 3.63) is 17.5 Å². The fourth-order valence-electron chi connectivity index (χ4n) is 3.00. The van der Waals surface area contributed by atoms with E-state index in [0.717, 1.165) is 24.1 Å². The summed E-state index contributed by atoms with van der Waals surface area (Å²) in [6.07, 6.45) is 4.13. The highest BCUT2D eigenvalue weighted by Gasteiger charge is 2.49. The summed E-state index contributed by atoms with van der Waals surface area (Å²) in [5.41, 5.74) is 0.748. The van der Waals surface area contributed by atoms with E-state index in [1.165, 1.54) is 4.90 Å². The molecule has 1 fully saturated rings. The maximum absolute atomic E-state index is 12.4. The Morgan fingerprint density at radius 3 is 2.90 bits per heavy atom. The third kappa shape index (κ3) is 2.86. The summed E-state index contributed by atoms with van der Waals surface area (Å²) in [5.74, 6) is -0.906. The Morgan fingerprint density at radius 2 is 2.33 bits per heavy atom. The summed E-state index contributed by atoms with van der Waals surface area (Å²) in [4.78, 5) is 25.5. The summed E-state index contributed by atoms with van der Waals surface area (Å²) >= 11 is 0. The number of aliphatic carboxylic acids is 1. The van der Waals surface area contributed by atoms with Gasteiger partial charge in [-0.15, -0.1) is 0 Å². The number of H-pyrrole nitrogens is 1. The first kappa shape index (κ1) is 15.3. The second-order valence-electron chi connectivity index (χ2n) is 5.52. The first-order chi connectivity index (χ1) is 10.0. The SMILES string of the molecule is CCCC1(C(=O)O)CCCN1C(=O)NCc1cn[nH]c1C. The van der Waals surface area contributed by atoms with E-state index in [1.807, 2.05) is 13.8 Å². The standard InChI is InChI=1S/C14H22N4O3/c1-3-5-14(12(19)20)6-4-7-18(14)13(21)15-8-11-9-16-17-10(11)2/h9H,3-8H2,1-2H3,(H,15,21)(H,16,17)(H,19,20). The van der Waals surface area contributed by atoms with E-state index >= 15 is 0 Å². The van der Waals surface area contributed by atoms with Crippen LogP contribution < -0.4 is 5.32 Å². The molecule has 1 aliphatic rings. The van der Waals surface area contributed by atoms with Crippen molar-refractivity contribution < 1.29 is 14.7 Å². The van der Waals surface area contributed by atoms with Gasteiger partial charge in [0, 0.05) is 24.3 Å². The summed E-state index contributed by atoms with van der Waals surface area (Å²) in [7, 11) is 0. The van der Waals surface area contributed by atoms with Gasteiger partial charge in [-0.25, -0.2) is 9.59 Å². The number of nitrogens with zero attached hydrogens (tertiary/aromatic N) is 2. The highest BCUT2D eigenvalue weighted by Crippen LogP contribution is 2.34. The monoisotopic (exact) mass is 294 g/mol. The van der Waals surface area contributed by atoms with Crippen LogP contribution in [0.15, 0.2) is 6.20 Å². The summed E-state index contributed by atoms with van der Waals surface area (Å²) in [6, 6.07) is -0.316. The van der Waals surface area contributed by atoms with Gasteiger partial charge in [-0.2, -0.15) is 5.10 Å². The van der Waals surface area contributed by atoms with Crippen molar-refractivity contribution in [2.75, 3.05) is 6.54 Å². The first-order valence-corrected chi connectivity index (χ1v) is 7.29. The molecule has 1 saturated heterocycles. The van der Waals surface area contributed by atoms with E-state index in [4.69, 9.17) is 0 Å². The zero-order valence-corrected chi connectivity index (χ0v) is 12.5. The van der Waals surface area contributed by atoms with Gasteiger partial charge in [0.2, 0.25) is 0 Å². The van der Waals surface area contributed by atoms with E-state index in [0.29, 0.717) is 25.9 Å². The Kier molecular flexibility index (Phi) is 4.50. The predicted octanol–water partition coefficient (Wildman–Crippen LogP) is 1.65. The number of hydrogen-bond acceptors (Lipinski definition) is 3. The van der Waals surface area contributed by atoms with Crippen molar-refractivity contribution >= 4 is 12.0 Å². The average Bonchev–Trinajstić information content (AvgIpc) is 3.04. The number of carbonyl (C=O) groups is 2. The third-order valence-corrected chi connectivity index (χ3v) is 4.16. The minimum absolute atomic E-state index is 0.316.